The Labute approximate surface area is 285 Å². The van der Waals surface area contributed by atoms with Gasteiger partial charge in [-0.1, -0.05) is 0 Å². The van der Waals surface area contributed by atoms with E-state index in [2.05, 4.69) is 15.3 Å². The number of hydrogen-bond donors (Lipinski definition) is 0. The molecule has 0 atom stereocenters. The summed E-state index contributed by atoms with van der Waals surface area (Å²) < 4.78 is 300. The number of rotatable bonds is 3. The first-order valence-corrected chi connectivity index (χ1v) is 12.9. The van der Waals surface area contributed by atoms with E-state index in [1.165, 1.54) is 0 Å². The van der Waals surface area contributed by atoms with Crippen LogP contribution in [0.5, 0.6) is 0 Å². The summed E-state index contributed by atoms with van der Waals surface area (Å²) in [4.78, 5) is 0. The molecule has 0 aliphatic heterocycles. The van der Waals surface area contributed by atoms with Crippen molar-refractivity contribution >= 4 is 39.8 Å². The van der Waals surface area contributed by atoms with Crippen molar-refractivity contribution in [3.8, 4) is 0 Å². The van der Waals surface area contributed by atoms with E-state index >= 15 is 13.2 Å². The van der Waals surface area contributed by atoms with E-state index in [0.29, 0.717) is 0 Å². The summed E-state index contributed by atoms with van der Waals surface area (Å²) in [6, 6.07) is 0. The van der Waals surface area contributed by atoms with Gasteiger partial charge in [-0.05, 0) is 0 Å². The second-order valence-electron chi connectivity index (χ2n) is 10.4. The molecular weight excluding hydrogens is 789 g/mol. The Bertz CT molecular complexity index is 2250. The fraction of sp³-hybridized carbons (Fsp3) is 0.125. The monoisotopic (exact) mass is 790 g/mol. The molecule has 0 aliphatic carbocycles. The predicted molar refractivity (Wildman–Crippen MR) is 127 cm³/mol. The van der Waals surface area contributed by atoms with Crippen LogP contribution in [0.2, 0.25) is 0 Å². The summed E-state index contributed by atoms with van der Waals surface area (Å²) in [6.45, 7) is 0. The van der Waals surface area contributed by atoms with Crippen molar-refractivity contribution in [1.82, 2.24) is 29.1 Å². The van der Waals surface area contributed by atoms with Gasteiger partial charge in [-0.15, -0.1) is 0 Å². The number of benzene rings is 3. The summed E-state index contributed by atoms with van der Waals surface area (Å²) >= 11 is 0. The number of alkyl halides is 9. The molecule has 0 fully saturated rings. The molecule has 0 amide bonds. The van der Waals surface area contributed by atoms with Crippen molar-refractivity contribution < 1.29 is 111 Å². The Morgan fingerprint density at radius 3 is 0.698 bits per heavy atom. The number of nitrogens with zero attached hydrogens (tertiary/aromatic N) is 6. The predicted octanol–water partition coefficient (Wildman–Crippen LogP) is 5.13. The second-order valence-corrected chi connectivity index (χ2v) is 10.4. The standard InChI is InChI=1S/C24HBF21N6.Li/c26-4-1-16(13(35)10(32)7(4)29)50(47-19(1)22(38,39)40)25(51-17-2(20(48-51)23(41,42)43)5(27)8(30)11(33)14(17)36)52-18-3(21(49-52)24(44,45)46)6(28)9(31)12(34)15(18)37;/h25H;/q-1;+1. The summed E-state index contributed by atoms with van der Waals surface area (Å²) in [5.41, 5.74) is -16.4. The van der Waals surface area contributed by atoms with Gasteiger partial charge in [-0.3, -0.25) is 0 Å². The van der Waals surface area contributed by atoms with Crippen LogP contribution < -0.4 is 18.9 Å². The number of halogens is 21. The van der Waals surface area contributed by atoms with Gasteiger partial charge >= 0.3 is 44.5 Å². The van der Waals surface area contributed by atoms with Gasteiger partial charge in [0.25, 0.3) is 0 Å². The van der Waals surface area contributed by atoms with Gasteiger partial charge in [-0.25, -0.2) is 68.0 Å². The average molecular weight is 790 g/mol. The molecule has 0 aliphatic rings. The molecule has 0 bridgehead atoms. The Hall–Kier alpha value is -4.74. The van der Waals surface area contributed by atoms with Gasteiger partial charge in [0.05, 0.1) is 32.7 Å². The van der Waals surface area contributed by atoms with Crippen LogP contribution in [0.4, 0.5) is 92.2 Å². The van der Waals surface area contributed by atoms with Gasteiger partial charge in [-0.2, -0.15) is 39.5 Å². The van der Waals surface area contributed by atoms with Crippen molar-refractivity contribution in [2.75, 3.05) is 0 Å². The van der Waals surface area contributed by atoms with Crippen molar-refractivity contribution in [1.29, 1.82) is 0 Å². The van der Waals surface area contributed by atoms with E-state index in [4.69, 9.17) is 0 Å². The van der Waals surface area contributed by atoms with Gasteiger partial charge in [0.2, 0.25) is 0 Å². The van der Waals surface area contributed by atoms with Crippen LogP contribution in [0.1, 0.15) is 17.1 Å². The van der Waals surface area contributed by atoms with Crippen LogP contribution in [0.25, 0.3) is 32.7 Å². The summed E-state index contributed by atoms with van der Waals surface area (Å²) in [7, 11) is -5.44. The molecule has 0 radical (unpaired) electrons. The molecule has 0 saturated heterocycles. The van der Waals surface area contributed by atoms with E-state index in [-0.39, 0.29) is 18.9 Å². The van der Waals surface area contributed by atoms with Crippen molar-refractivity contribution in [2.45, 2.75) is 18.5 Å². The second kappa shape index (κ2) is 12.1. The van der Waals surface area contributed by atoms with Crippen LogP contribution in [-0.2, 0) is 18.5 Å². The maximum atomic E-state index is 15.3. The Balaban J connectivity index is 0.00000541. The molecule has 0 spiro atoms. The maximum Gasteiger partial charge on any atom is 1.00 e. The molecule has 0 saturated carbocycles. The largest absolute Gasteiger partial charge is 1.00 e. The summed E-state index contributed by atoms with van der Waals surface area (Å²) in [5, 5.41) is -0.119. The van der Waals surface area contributed by atoms with Gasteiger partial charge < -0.3 is 13.8 Å². The molecule has 53 heavy (non-hydrogen) atoms. The third-order valence-electron chi connectivity index (χ3n) is 7.48. The molecule has 0 unspecified atom stereocenters. The zero-order valence-corrected chi connectivity index (χ0v) is 24.3. The van der Waals surface area contributed by atoms with E-state index in [0.717, 1.165) is 0 Å². The van der Waals surface area contributed by atoms with Crippen molar-refractivity contribution in [3.63, 3.8) is 0 Å². The van der Waals surface area contributed by atoms with E-state index in [9.17, 15) is 79.0 Å². The number of fused-ring (bicyclic) bond motifs is 3. The molecule has 6 aromatic rings. The Kier molecular flexibility index (Phi) is 9.04. The fourth-order valence-corrected chi connectivity index (χ4v) is 5.49. The molecule has 0 N–H and O–H groups in total. The quantitative estimate of drug-likeness (QED) is 0.108. The molecule has 29 heteroatoms. The topological polar surface area (TPSA) is 53.5 Å². The molecule has 3 aromatic heterocycles. The van der Waals surface area contributed by atoms with Crippen LogP contribution in [0.3, 0.4) is 0 Å². The normalized spacial score (nSPS) is 13.0. The minimum Gasteiger partial charge on any atom is -0.393 e. The van der Waals surface area contributed by atoms with E-state index in [1.54, 1.807) is 0 Å². The van der Waals surface area contributed by atoms with Crippen molar-refractivity contribution in [3.05, 3.63) is 86.9 Å². The molecular formula is C24HBF21LiN6. The smallest absolute Gasteiger partial charge is 0.393 e. The van der Waals surface area contributed by atoms with Crippen LogP contribution in [-0.4, -0.2) is 36.2 Å². The third-order valence-corrected chi connectivity index (χ3v) is 7.48. The SMILES string of the molecule is Fc1c(F)c(F)c2c(c(C(F)(F)F)nn2[BH-](n2nc(C(F)(F)F)c3c(F)c(F)c(F)c(F)c32)n2nc(C(F)(F)F)c3c(F)c(F)c(F)c(F)c32)c1F.[Li+]. The first-order valence-electron chi connectivity index (χ1n) is 12.9. The third kappa shape index (κ3) is 5.45. The summed E-state index contributed by atoms with van der Waals surface area (Å²) in [5.74, 6) is -36.8. The minimum absolute atomic E-state index is 0. The molecule has 3 aromatic carbocycles. The molecule has 6 rings (SSSR count). The molecule has 6 nitrogen and oxygen atoms in total. The Morgan fingerprint density at radius 1 is 0.321 bits per heavy atom. The van der Waals surface area contributed by atoms with Gasteiger partial charge in [0, 0.05) is 0 Å². The molecule has 278 valence electrons. The number of hydrogen-bond acceptors (Lipinski definition) is 3. The van der Waals surface area contributed by atoms with Crippen LogP contribution >= 0.6 is 0 Å². The van der Waals surface area contributed by atoms with Crippen LogP contribution in [0, 0.1) is 69.8 Å². The maximum absolute atomic E-state index is 15.3. The van der Waals surface area contributed by atoms with E-state index in [1.807, 2.05) is 0 Å². The average Bonchev–Trinajstić information content (AvgIpc) is 3.76. The summed E-state index contributed by atoms with van der Waals surface area (Å²) in [6.07, 6.45) is -18.7. The number of aromatic nitrogens is 6. The van der Waals surface area contributed by atoms with E-state index < -0.39 is 159 Å². The zero-order valence-electron chi connectivity index (χ0n) is 24.3. The van der Waals surface area contributed by atoms with Gasteiger partial charge in [0.1, 0.15) is 0 Å². The van der Waals surface area contributed by atoms with Crippen molar-refractivity contribution in [2.24, 2.45) is 0 Å². The van der Waals surface area contributed by atoms with Crippen LogP contribution in [0.15, 0.2) is 0 Å². The zero-order chi connectivity index (χ0) is 39.1. The fourth-order valence-electron chi connectivity index (χ4n) is 5.49. The molecule has 3 heterocycles. The minimum atomic E-state index is -6.23. The first kappa shape index (κ1) is 39.5. The Morgan fingerprint density at radius 2 is 0.509 bits per heavy atom. The van der Waals surface area contributed by atoms with Gasteiger partial charge in [0.15, 0.2) is 86.9 Å². The first-order chi connectivity index (χ1) is 23.7.